The van der Waals surface area contributed by atoms with Gasteiger partial charge in [-0.05, 0) is 36.2 Å². The molecule has 3 nitrogen and oxygen atoms in total. The highest BCUT2D eigenvalue weighted by Crippen LogP contribution is 2.31. The van der Waals surface area contributed by atoms with Gasteiger partial charge in [-0.3, -0.25) is 4.72 Å². The lowest BCUT2D eigenvalue weighted by molar-refractivity contribution is 0.603. The summed E-state index contributed by atoms with van der Waals surface area (Å²) in [6.07, 6.45) is 0. The monoisotopic (exact) mass is 379 g/mol. The zero-order valence-electron chi connectivity index (χ0n) is 9.98. The van der Waals surface area contributed by atoms with Crippen LogP contribution in [-0.2, 0) is 15.4 Å². The Hall–Kier alpha value is -0.560. The van der Waals surface area contributed by atoms with E-state index in [1.807, 2.05) is 12.1 Å². The number of alkyl halides is 1. The summed E-state index contributed by atoms with van der Waals surface area (Å²) in [5, 5.41) is 0.736. The fourth-order valence-corrected chi connectivity index (χ4v) is 4.57. The minimum Gasteiger partial charge on any atom is -0.279 e. The molecule has 0 spiro atoms. The van der Waals surface area contributed by atoms with Crippen molar-refractivity contribution in [1.29, 1.82) is 0 Å². The summed E-state index contributed by atoms with van der Waals surface area (Å²) in [7, 11) is -3.56. The van der Waals surface area contributed by atoms with Crippen LogP contribution < -0.4 is 4.72 Å². The van der Waals surface area contributed by atoms with Crippen LogP contribution in [0.5, 0.6) is 0 Å². The van der Waals surface area contributed by atoms with Gasteiger partial charge < -0.3 is 0 Å². The highest BCUT2D eigenvalue weighted by Gasteiger charge is 2.18. The summed E-state index contributed by atoms with van der Waals surface area (Å²) in [6.45, 7) is 1.78. The number of rotatable bonds is 4. The topological polar surface area (TPSA) is 46.2 Å². The Morgan fingerprint density at radius 2 is 1.95 bits per heavy atom. The van der Waals surface area contributed by atoms with Crippen LogP contribution in [0.1, 0.15) is 11.1 Å². The second-order valence-electron chi connectivity index (χ2n) is 3.96. The molecule has 1 aromatic heterocycles. The molecule has 2 aromatic rings. The summed E-state index contributed by atoms with van der Waals surface area (Å²) >= 11 is 10.3. The molecular weight excluding hydrogens is 370 g/mol. The van der Waals surface area contributed by atoms with Gasteiger partial charge in [0, 0.05) is 11.0 Å². The fourth-order valence-electron chi connectivity index (χ4n) is 1.43. The van der Waals surface area contributed by atoms with Gasteiger partial charge in [-0.15, -0.1) is 11.3 Å². The number of benzene rings is 1. The number of sulfonamides is 1. The number of halogens is 2. The lowest BCUT2D eigenvalue weighted by Gasteiger charge is -2.06. The first kappa shape index (κ1) is 14.8. The van der Waals surface area contributed by atoms with Crippen molar-refractivity contribution in [3.8, 4) is 0 Å². The van der Waals surface area contributed by atoms with Crippen LogP contribution in [0.4, 0.5) is 5.69 Å². The van der Waals surface area contributed by atoms with E-state index in [1.54, 1.807) is 25.1 Å². The van der Waals surface area contributed by atoms with Crippen LogP contribution in [0.15, 0.2) is 34.5 Å². The molecule has 0 saturated heterocycles. The van der Waals surface area contributed by atoms with Crippen LogP contribution >= 0.6 is 38.9 Å². The van der Waals surface area contributed by atoms with Crippen LogP contribution in [0.25, 0.3) is 0 Å². The van der Waals surface area contributed by atoms with Gasteiger partial charge in [0.05, 0.1) is 4.34 Å². The molecule has 0 aliphatic carbocycles. The molecule has 0 atom stereocenters. The predicted octanol–water partition coefficient (Wildman–Crippen LogP) is 4.41. The molecule has 0 fully saturated rings. The van der Waals surface area contributed by atoms with Crippen LogP contribution in [0.3, 0.4) is 0 Å². The summed E-state index contributed by atoms with van der Waals surface area (Å²) in [6, 6.07) is 8.76. The number of anilines is 1. The van der Waals surface area contributed by atoms with E-state index >= 15 is 0 Å². The lowest BCUT2D eigenvalue weighted by Crippen LogP contribution is -2.11. The van der Waals surface area contributed by atoms with Gasteiger partial charge in [0.25, 0.3) is 10.0 Å². The molecule has 0 aliphatic rings. The van der Waals surface area contributed by atoms with Crippen molar-refractivity contribution < 1.29 is 8.42 Å². The highest BCUT2D eigenvalue weighted by atomic mass is 79.9. The third-order valence-electron chi connectivity index (χ3n) is 2.46. The van der Waals surface area contributed by atoms with Crippen molar-refractivity contribution >= 4 is 54.6 Å². The smallest absolute Gasteiger partial charge is 0.271 e. The first-order valence-electron chi connectivity index (χ1n) is 5.36. The van der Waals surface area contributed by atoms with Crippen molar-refractivity contribution in [2.45, 2.75) is 16.5 Å². The maximum atomic E-state index is 12.2. The molecule has 19 heavy (non-hydrogen) atoms. The lowest BCUT2D eigenvalue weighted by atomic mass is 10.2. The largest absolute Gasteiger partial charge is 0.279 e. The molecule has 0 saturated carbocycles. The first-order chi connectivity index (χ1) is 8.92. The van der Waals surface area contributed by atoms with E-state index < -0.39 is 10.0 Å². The average Bonchev–Trinajstić information content (AvgIpc) is 2.71. The molecule has 0 aliphatic heterocycles. The molecule has 1 heterocycles. The van der Waals surface area contributed by atoms with E-state index in [-0.39, 0.29) is 4.21 Å². The summed E-state index contributed by atoms with van der Waals surface area (Å²) in [5.74, 6) is 0. The number of thiophene rings is 1. The second kappa shape index (κ2) is 5.83. The molecule has 1 N–H and O–H groups in total. The van der Waals surface area contributed by atoms with Crippen LogP contribution in [-0.4, -0.2) is 8.42 Å². The standard InChI is InChI=1S/C12H11BrClNO2S2/c1-8-6-11(18-12(8)14)19(16,17)15-10-4-2-9(7-13)3-5-10/h2-6,15H,7H2,1H3. The maximum Gasteiger partial charge on any atom is 0.271 e. The van der Waals surface area contributed by atoms with E-state index in [4.69, 9.17) is 11.6 Å². The Morgan fingerprint density at radius 3 is 2.42 bits per heavy atom. The van der Waals surface area contributed by atoms with Gasteiger partial charge in [0.15, 0.2) is 0 Å². The SMILES string of the molecule is Cc1cc(S(=O)(=O)Nc2ccc(CBr)cc2)sc1Cl. The normalized spacial score (nSPS) is 11.5. The maximum absolute atomic E-state index is 12.2. The Balaban J connectivity index is 2.25. The summed E-state index contributed by atoms with van der Waals surface area (Å²) in [5.41, 5.74) is 2.38. The zero-order valence-corrected chi connectivity index (χ0v) is 14.0. The van der Waals surface area contributed by atoms with Gasteiger partial charge in [-0.1, -0.05) is 39.7 Å². The van der Waals surface area contributed by atoms with Crippen molar-refractivity contribution in [2.24, 2.45) is 0 Å². The summed E-state index contributed by atoms with van der Waals surface area (Å²) < 4.78 is 27.6. The Morgan fingerprint density at radius 1 is 1.32 bits per heavy atom. The molecule has 102 valence electrons. The third-order valence-corrected chi connectivity index (χ3v) is 6.52. The number of hydrogen-bond donors (Lipinski definition) is 1. The van der Waals surface area contributed by atoms with E-state index in [2.05, 4.69) is 20.7 Å². The van der Waals surface area contributed by atoms with E-state index in [9.17, 15) is 8.42 Å². The van der Waals surface area contributed by atoms with E-state index in [0.717, 1.165) is 27.8 Å². The van der Waals surface area contributed by atoms with Crippen molar-refractivity contribution in [1.82, 2.24) is 0 Å². The van der Waals surface area contributed by atoms with Gasteiger partial charge >= 0.3 is 0 Å². The van der Waals surface area contributed by atoms with Gasteiger partial charge in [-0.25, -0.2) is 8.42 Å². The first-order valence-corrected chi connectivity index (χ1v) is 9.16. The molecule has 7 heteroatoms. The zero-order chi connectivity index (χ0) is 14.0. The predicted molar refractivity (Wildman–Crippen MR) is 83.9 cm³/mol. The molecule has 2 rings (SSSR count). The molecule has 0 bridgehead atoms. The van der Waals surface area contributed by atoms with Crippen molar-refractivity contribution in [2.75, 3.05) is 4.72 Å². The third kappa shape index (κ3) is 3.51. The van der Waals surface area contributed by atoms with Crippen molar-refractivity contribution in [3.63, 3.8) is 0 Å². The molecule has 1 aromatic carbocycles. The Labute approximate surface area is 129 Å². The van der Waals surface area contributed by atoms with Gasteiger partial charge in [0.2, 0.25) is 0 Å². The Bertz CT molecular complexity index is 661. The Kier molecular flexibility index (Phi) is 4.55. The van der Waals surface area contributed by atoms with Gasteiger partial charge in [0.1, 0.15) is 4.21 Å². The van der Waals surface area contributed by atoms with Crippen LogP contribution in [0, 0.1) is 6.92 Å². The second-order valence-corrected chi connectivity index (χ2v) is 8.08. The molecule has 0 amide bonds. The quantitative estimate of drug-likeness (QED) is 0.799. The molecular formula is C12H11BrClNO2S2. The van der Waals surface area contributed by atoms with E-state index in [0.29, 0.717) is 10.0 Å². The minimum atomic E-state index is -3.56. The van der Waals surface area contributed by atoms with E-state index in [1.165, 1.54) is 0 Å². The van der Waals surface area contributed by atoms with Crippen molar-refractivity contribution in [3.05, 3.63) is 45.8 Å². The number of hydrogen-bond acceptors (Lipinski definition) is 3. The summed E-state index contributed by atoms with van der Waals surface area (Å²) in [4.78, 5) is 0. The number of nitrogens with one attached hydrogen (secondary N) is 1. The van der Waals surface area contributed by atoms with Gasteiger partial charge in [-0.2, -0.15) is 0 Å². The fraction of sp³-hybridized carbons (Fsp3) is 0.167. The average molecular weight is 381 g/mol. The number of aryl methyl sites for hydroxylation is 1. The highest BCUT2D eigenvalue weighted by molar-refractivity contribution is 9.08. The molecule has 0 radical (unpaired) electrons. The minimum absolute atomic E-state index is 0.222. The van der Waals surface area contributed by atoms with Crippen LogP contribution in [0.2, 0.25) is 4.34 Å². The molecule has 0 unspecified atom stereocenters.